The summed E-state index contributed by atoms with van der Waals surface area (Å²) < 4.78 is 1.46. The van der Waals surface area contributed by atoms with Gasteiger partial charge in [0.25, 0.3) is 5.56 Å². The van der Waals surface area contributed by atoms with Gasteiger partial charge < -0.3 is 14.8 Å². The fourth-order valence-electron chi connectivity index (χ4n) is 1.64. The van der Waals surface area contributed by atoms with Gasteiger partial charge in [0.15, 0.2) is 5.82 Å². The van der Waals surface area contributed by atoms with Crippen LogP contribution in [0.5, 0.6) is 0 Å². The minimum absolute atomic E-state index is 0.0960. The number of aromatic nitrogens is 2. The Morgan fingerprint density at radius 2 is 2.13 bits per heavy atom. The quantitative estimate of drug-likeness (QED) is 0.726. The molecule has 1 aromatic heterocycles. The van der Waals surface area contributed by atoms with Crippen molar-refractivity contribution in [2.75, 3.05) is 31.1 Å². The average Bonchev–Trinajstić information content (AvgIpc) is 2.24. The van der Waals surface area contributed by atoms with Crippen molar-refractivity contribution in [2.24, 2.45) is 7.05 Å². The molecular formula is C9H13ClN4O. The SMILES string of the molecule is Cn1cc(Cl)nc(N2CCNCC2)c1=O. The van der Waals surface area contributed by atoms with Crippen molar-refractivity contribution in [3.8, 4) is 0 Å². The number of halogens is 1. The molecule has 0 radical (unpaired) electrons. The summed E-state index contributed by atoms with van der Waals surface area (Å²) in [6.45, 7) is 3.33. The van der Waals surface area contributed by atoms with E-state index in [0.29, 0.717) is 11.0 Å². The second-order valence-electron chi connectivity index (χ2n) is 3.54. The Labute approximate surface area is 92.7 Å². The van der Waals surface area contributed by atoms with Crippen LogP contribution in [0, 0.1) is 0 Å². The van der Waals surface area contributed by atoms with Gasteiger partial charge in [-0.15, -0.1) is 0 Å². The summed E-state index contributed by atoms with van der Waals surface area (Å²) in [5, 5.41) is 3.57. The minimum atomic E-state index is -0.0960. The third-order valence-corrected chi connectivity index (χ3v) is 2.62. The second-order valence-corrected chi connectivity index (χ2v) is 3.93. The van der Waals surface area contributed by atoms with Gasteiger partial charge in [-0.3, -0.25) is 4.79 Å². The second kappa shape index (κ2) is 4.20. The van der Waals surface area contributed by atoms with Gasteiger partial charge >= 0.3 is 0 Å². The van der Waals surface area contributed by atoms with E-state index >= 15 is 0 Å². The van der Waals surface area contributed by atoms with Gasteiger partial charge in [0, 0.05) is 39.4 Å². The lowest BCUT2D eigenvalue weighted by molar-refractivity contribution is 0.580. The first-order valence-electron chi connectivity index (χ1n) is 4.87. The zero-order chi connectivity index (χ0) is 10.8. The average molecular weight is 229 g/mol. The first-order chi connectivity index (χ1) is 7.18. The molecule has 1 N–H and O–H groups in total. The number of anilines is 1. The van der Waals surface area contributed by atoms with Crippen LogP contribution >= 0.6 is 11.6 Å². The number of rotatable bonds is 1. The van der Waals surface area contributed by atoms with Gasteiger partial charge in [0.2, 0.25) is 0 Å². The Balaban J connectivity index is 2.38. The zero-order valence-corrected chi connectivity index (χ0v) is 9.29. The van der Waals surface area contributed by atoms with Crippen LogP contribution in [0.1, 0.15) is 0 Å². The van der Waals surface area contributed by atoms with Crippen molar-refractivity contribution in [3.63, 3.8) is 0 Å². The van der Waals surface area contributed by atoms with Gasteiger partial charge in [-0.1, -0.05) is 11.6 Å². The summed E-state index contributed by atoms with van der Waals surface area (Å²) in [5.41, 5.74) is -0.0960. The topological polar surface area (TPSA) is 50.2 Å². The van der Waals surface area contributed by atoms with Crippen LogP contribution in [0.15, 0.2) is 11.0 Å². The van der Waals surface area contributed by atoms with E-state index in [1.807, 2.05) is 4.90 Å². The molecule has 0 bridgehead atoms. The van der Waals surface area contributed by atoms with E-state index in [0.717, 1.165) is 26.2 Å². The molecule has 0 atom stereocenters. The third kappa shape index (κ3) is 2.13. The molecule has 0 unspecified atom stereocenters. The molecule has 1 aliphatic heterocycles. The number of nitrogens with one attached hydrogen (secondary N) is 1. The van der Waals surface area contributed by atoms with Crippen LogP contribution < -0.4 is 15.8 Å². The maximum absolute atomic E-state index is 11.8. The summed E-state index contributed by atoms with van der Waals surface area (Å²) in [6.07, 6.45) is 1.52. The van der Waals surface area contributed by atoms with E-state index in [2.05, 4.69) is 10.3 Å². The van der Waals surface area contributed by atoms with Crippen LogP contribution in [0.25, 0.3) is 0 Å². The molecule has 1 aliphatic rings. The predicted molar refractivity (Wildman–Crippen MR) is 59.6 cm³/mol. The molecule has 15 heavy (non-hydrogen) atoms. The van der Waals surface area contributed by atoms with Crippen molar-refractivity contribution in [3.05, 3.63) is 21.7 Å². The number of hydrogen-bond donors (Lipinski definition) is 1. The van der Waals surface area contributed by atoms with Crippen LogP contribution in [0.2, 0.25) is 5.15 Å². The van der Waals surface area contributed by atoms with E-state index in [1.54, 1.807) is 7.05 Å². The first-order valence-corrected chi connectivity index (χ1v) is 5.25. The highest BCUT2D eigenvalue weighted by Crippen LogP contribution is 2.09. The fourth-order valence-corrected chi connectivity index (χ4v) is 1.86. The molecule has 1 fully saturated rings. The van der Waals surface area contributed by atoms with Crippen LogP contribution in [-0.4, -0.2) is 35.7 Å². The summed E-state index contributed by atoms with van der Waals surface area (Å²) in [7, 11) is 1.68. The highest BCUT2D eigenvalue weighted by Gasteiger charge is 2.16. The number of piperazine rings is 1. The van der Waals surface area contributed by atoms with Gasteiger partial charge in [-0.25, -0.2) is 4.98 Å². The van der Waals surface area contributed by atoms with Crippen LogP contribution in [0.4, 0.5) is 5.82 Å². The van der Waals surface area contributed by atoms with Gasteiger partial charge in [-0.05, 0) is 0 Å². The van der Waals surface area contributed by atoms with Crippen molar-refractivity contribution in [1.82, 2.24) is 14.9 Å². The molecule has 82 valence electrons. The number of aryl methyl sites for hydroxylation is 1. The molecule has 5 nitrogen and oxygen atoms in total. The van der Waals surface area contributed by atoms with Crippen LogP contribution in [0.3, 0.4) is 0 Å². The largest absolute Gasteiger partial charge is 0.349 e. The smallest absolute Gasteiger partial charge is 0.293 e. The monoisotopic (exact) mass is 228 g/mol. The molecule has 1 aromatic rings. The molecule has 0 saturated carbocycles. The maximum atomic E-state index is 11.8. The highest BCUT2D eigenvalue weighted by atomic mass is 35.5. The number of nitrogens with zero attached hydrogens (tertiary/aromatic N) is 3. The zero-order valence-electron chi connectivity index (χ0n) is 8.53. The number of hydrogen-bond acceptors (Lipinski definition) is 4. The summed E-state index contributed by atoms with van der Waals surface area (Å²) in [5.74, 6) is 0.450. The molecule has 0 spiro atoms. The van der Waals surface area contributed by atoms with E-state index < -0.39 is 0 Å². The van der Waals surface area contributed by atoms with E-state index in [4.69, 9.17) is 11.6 Å². The fraction of sp³-hybridized carbons (Fsp3) is 0.556. The normalized spacial score (nSPS) is 16.8. The van der Waals surface area contributed by atoms with Crippen LogP contribution in [-0.2, 0) is 7.05 Å². The Morgan fingerprint density at radius 3 is 2.80 bits per heavy atom. The molecule has 2 rings (SSSR count). The Bertz CT molecular complexity index is 411. The predicted octanol–water partition coefficient (Wildman–Crippen LogP) is -0.157. The Hall–Kier alpha value is -1.07. The highest BCUT2D eigenvalue weighted by molar-refractivity contribution is 6.29. The first kappa shape index (κ1) is 10.4. The lowest BCUT2D eigenvalue weighted by Crippen LogP contribution is -2.46. The van der Waals surface area contributed by atoms with Crippen molar-refractivity contribution in [2.45, 2.75) is 0 Å². The third-order valence-electron chi connectivity index (χ3n) is 2.44. The van der Waals surface area contributed by atoms with E-state index in [9.17, 15) is 4.79 Å². The lowest BCUT2D eigenvalue weighted by Gasteiger charge is -2.27. The summed E-state index contributed by atoms with van der Waals surface area (Å²) in [4.78, 5) is 17.9. The van der Waals surface area contributed by atoms with Crippen molar-refractivity contribution in [1.29, 1.82) is 0 Å². The van der Waals surface area contributed by atoms with E-state index in [1.165, 1.54) is 10.8 Å². The summed E-state index contributed by atoms with van der Waals surface area (Å²) >= 11 is 5.83. The Kier molecular flexibility index (Phi) is 2.93. The molecule has 0 amide bonds. The molecule has 2 heterocycles. The lowest BCUT2D eigenvalue weighted by atomic mass is 10.3. The standard InChI is InChI=1S/C9H13ClN4O/c1-13-6-7(10)12-8(9(13)15)14-4-2-11-3-5-14/h6,11H,2-5H2,1H3. The molecule has 1 saturated heterocycles. The summed E-state index contributed by atoms with van der Waals surface area (Å²) in [6, 6.07) is 0. The van der Waals surface area contributed by atoms with Gasteiger partial charge in [0.1, 0.15) is 5.15 Å². The van der Waals surface area contributed by atoms with Gasteiger partial charge in [0.05, 0.1) is 0 Å². The molecular weight excluding hydrogens is 216 g/mol. The maximum Gasteiger partial charge on any atom is 0.293 e. The Morgan fingerprint density at radius 1 is 1.47 bits per heavy atom. The van der Waals surface area contributed by atoms with E-state index in [-0.39, 0.29) is 5.56 Å². The molecule has 0 aromatic carbocycles. The minimum Gasteiger partial charge on any atom is -0.349 e. The molecule has 6 heteroatoms. The van der Waals surface area contributed by atoms with Crippen molar-refractivity contribution >= 4 is 17.4 Å². The van der Waals surface area contributed by atoms with Gasteiger partial charge in [-0.2, -0.15) is 0 Å². The van der Waals surface area contributed by atoms with Crippen molar-refractivity contribution < 1.29 is 0 Å². The molecule has 0 aliphatic carbocycles.